The third-order valence-corrected chi connectivity index (χ3v) is 6.59. The van der Waals surface area contributed by atoms with Crippen molar-refractivity contribution in [1.82, 2.24) is 9.72 Å². The van der Waals surface area contributed by atoms with Gasteiger partial charge in [-0.05, 0) is 68.0 Å². The number of phenolic OH excluding ortho intramolecular Hbond substituents is 1. The molecule has 5 nitrogen and oxygen atoms in total. The van der Waals surface area contributed by atoms with E-state index in [-0.39, 0.29) is 16.8 Å². The molecule has 1 N–H and O–H groups in total. The lowest BCUT2D eigenvalue weighted by molar-refractivity contribution is -0.0883. The lowest BCUT2D eigenvalue weighted by Gasteiger charge is -2.16. The van der Waals surface area contributed by atoms with Gasteiger partial charge in [0.05, 0.1) is 28.0 Å². The van der Waals surface area contributed by atoms with Crippen molar-refractivity contribution in [3.63, 3.8) is 0 Å². The van der Waals surface area contributed by atoms with Gasteiger partial charge in [0, 0.05) is 11.1 Å². The van der Waals surface area contributed by atoms with Crippen LogP contribution in [0.25, 0.3) is 27.8 Å². The zero-order valence-electron chi connectivity index (χ0n) is 20.2. The molecule has 2 aromatic heterocycles. The number of rotatable bonds is 6. The maximum Gasteiger partial charge on any atom is 0.454 e. The van der Waals surface area contributed by atoms with Gasteiger partial charge in [0.15, 0.2) is 0 Å². The summed E-state index contributed by atoms with van der Waals surface area (Å²) in [7, 11) is 0. The first-order valence-corrected chi connectivity index (χ1v) is 11.4. The first-order chi connectivity index (χ1) is 16.4. The molecule has 0 spiro atoms. The Labute approximate surface area is 201 Å². The molecule has 4 rings (SSSR count). The maximum absolute atomic E-state index is 13.9. The molecule has 0 radical (unpaired) electrons. The number of carbonyl (C=O) groups excluding carboxylic acids is 1. The minimum atomic E-state index is -5.08. The zero-order valence-corrected chi connectivity index (χ0v) is 20.2. The number of hydrogen-bond acceptors (Lipinski definition) is 4. The fourth-order valence-electron chi connectivity index (χ4n) is 4.37. The topological polar surface area (TPSA) is 68.3 Å². The van der Waals surface area contributed by atoms with Crippen LogP contribution < -0.4 is 0 Å². The van der Waals surface area contributed by atoms with E-state index in [1.807, 2.05) is 6.07 Å². The molecule has 35 heavy (non-hydrogen) atoms. The van der Waals surface area contributed by atoms with Crippen molar-refractivity contribution in [2.75, 3.05) is 0 Å². The van der Waals surface area contributed by atoms with Crippen LogP contribution in [0.2, 0.25) is 0 Å². The van der Waals surface area contributed by atoms with Crippen LogP contribution in [-0.4, -0.2) is 26.8 Å². The molecule has 2 aromatic carbocycles. The van der Waals surface area contributed by atoms with Gasteiger partial charge < -0.3 is 14.2 Å². The van der Waals surface area contributed by atoms with Gasteiger partial charge in [0.2, 0.25) is 0 Å². The first-order valence-electron chi connectivity index (χ1n) is 11.4. The highest BCUT2D eigenvalue weighted by Gasteiger charge is 2.43. The highest BCUT2D eigenvalue weighted by molar-refractivity contribution is 6.16. The van der Waals surface area contributed by atoms with Crippen molar-refractivity contribution in [2.45, 2.75) is 47.2 Å². The highest BCUT2D eigenvalue weighted by Crippen LogP contribution is 2.42. The number of Topliss-reactive ketones (excluding diaryl/α,β-unsaturated/α-hetero) is 1. The van der Waals surface area contributed by atoms with Crippen molar-refractivity contribution in [3.05, 3.63) is 65.0 Å². The zero-order chi connectivity index (χ0) is 25.7. The van der Waals surface area contributed by atoms with Gasteiger partial charge in [-0.2, -0.15) is 13.2 Å². The molecule has 8 heteroatoms. The van der Waals surface area contributed by atoms with Crippen LogP contribution >= 0.6 is 0 Å². The fraction of sp³-hybridized carbons (Fsp3) is 0.333. The Morgan fingerprint density at radius 1 is 1.09 bits per heavy atom. The summed E-state index contributed by atoms with van der Waals surface area (Å²) >= 11 is 0. The van der Waals surface area contributed by atoms with E-state index in [4.69, 9.17) is 4.52 Å². The van der Waals surface area contributed by atoms with Crippen LogP contribution in [0, 0.1) is 25.7 Å². The molecular formula is C27H27F3N2O3. The van der Waals surface area contributed by atoms with Gasteiger partial charge in [0.1, 0.15) is 11.5 Å². The van der Waals surface area contributed by atoms with E-state index < -0.39 is 17.5 Å². The van der Waals surface area contributed by atoms with Crippen LogP contribution in [-0.2, 0) is 6.42 Å². The van der Waals surface area contributed by atoms with Gasteiger partial charge >= 0.3 is 6.18 Å². The van der Waals surface area contributed by atoms with Crippen molar-refractivity contribution >= 4 is 16.7 Å². The molecule has 0 bridgehead atoms. The second-order valence-corrected chi connectivity index (χ2v) is 9.38. The molecule has 0 aliphatic carbocycles. The predicted molar refractivity (Wildman–Crippen MR) is 128 cm³/mol. The largest absolute Gasteiger partial charge is 0.508 e. The van der Waals surface area contributed by atoms with Crippen LogP contribution in [0.15, 0.2) is 47.0 Å². The van der Waals surface area contributed by atoms with Crippen molar-refractivity contribution < 1.29 is 27.6 Å². The normalized spacial score (nSPS) is 13.1. The number of ketones is 1. The molecular weight excluding hydrogens is 457 g/mol. The van der Waals surface area contributed by atoms with Gasteiger partial charge in [-0.1, -0.05) is 38.1 Å². The second-order valence-electron chi connectivity index (χ2n) is 9.38. The molecule has 1 unspecified atom stereocenters. The minimum absolute atomic E-state index is 0.0159. The summed E-state index contributed by atoms with van der Waals surface area (Å²) < 4.78 is 48.5. The van der Waals surface area contributed by atoms with Crippen LogP contribution in [0.3, 0.4) is 0 Å². The highest BCUT2D eigenvalue weighted by atomic mass is 19.4. The number of nitrogens with zero attached hydrogens (tertiary/aromatic N) is 2. The van der Waals surface area contributed by atoms with Crippen molar-refractivity contribution in [3.8, 4) is 22.7 Å². The summed E-state index contributed by atoms with van der Waals surface area (Å²) in [6, 6.07) is 11.3. The third-order valence-electron chi connectivity index (χ3n) is 6.59. The Morgan fingerprint density at radius 2 is 1.74 bits per heavy atom. The maximum atomic E-state index is 13.9. The van der Waals surface area contributed by atoms with Crippen LogP contribution in [0.4, 0.5) is 13.2 Å². The molecule has 4 aromatic rings. The lowest BCUT2D eigenvalue weighted by atomic mass is 9.90. The number of aromatic nitrogens is 2. The molecule has 0 fully saturated rings. The molecule has 184 valence electrons. The average Bonchev–Trinajstić information content (AvgIpc) is 3.28. The number of phenols is 1. The number of halogens is 3. The summed E-state index contributed by atoms with van der Waals surface area (Å²) in [6.07, 6.45) is -4.34. The number of benzene rings is 2. The number of aryl methyl sites for hydroxylation is 2. The Balaban J connectivity index is 2.14. The molecule has 1 atom stereocenters. The third kappa shape index (κ3) is 4.45. The van der Waals surface area contributed by atoms with Gasteiger partial charge in [-0.3, -0.25) is 4.79 Å². The van der Waals surface area contributed by atoms with Gasteiger partial charge in [-0.25, -0.2) is 0 Å². The van der Waals surface area contributed by atoms with E-state index in [1.54, 1.807) is 42.7 Å². The predicted octanol–water partition coefficient (Wildman–Crippen LogP) is 7.19. The summed E-state index contributed by atoms with van der Waals surface area (Å²) in [5.74, 6) is -0.840. The van der Waals surface area contributed by atoms with E-state index in [1.165, 1.54) is 12.1 Å². The van der Waals surface area contributed by atoms with E-state index >= 15 is 0 Å². The summed E-state index contributed by atoms with van der Waals surface area (Å²) in [4.78, 5) is 12.8. The van der Waals surface area contributed by atoms with E-state index in [0.717, 1.165) is 12.0 Å². The Hall–Kier alpha value is -3.55. The molecule has 0 amide bonds. The first kappa shape index (κ1) is 24.6. The molecule has 0 saturated carbocycles. The molecule has 2 heterocycles. The van der Waals surface area contributed by atoms with Crippen molar-refractivity contribution in [1.29, 1.82) is 0 Å². The number of fused-ring (bicyclic) bond motifs is 1. The number of hydrogen-bond donors (Lipinski definition) is 1. The number of alkyl halides is 3. The minimum Gasteiger partial charge on any atom is -0.508 e. The standard InChI is InChI=1S/C27H27F3N2O3/c1-14(2)15(3)12-18-6-11-21-22(13-18)32(19-7-9-20(33)10-8-19)25(23-16(4)31-35-17(23)5)24(21)26(34)27(28,29)30/h6-11,13-15,33H,12H2,1-5H3. The monoisotopic (exact) mass is 484 g/mol. The van der Waals surface area contributed by atoms with E-state index in [9.17, 15) is 23.1 Å². The molecule has 0 saturated heterocycles. The van der Waals surface area contributed by atoms with Crippen LogP contribution in [0.1, 0.15) is 48.1 Å². The fourth-order valence-corrected chi connectivity index (χ4v) is 4.37. The number of aromatic hydroxyl groups is 1. The van der Waals surface area contributed by atoms with Crippen LogP contribution in [0.5, 0.6) is 5.75 Å². The number of carbonyl (C=O) groups is 1. The van der Waals surface area contributed by atoms with E-state index in [0.29, 0.717) is 40.1 Å². The summed E-state index contributed by atoms with van der Waals surface area (Å²) in [6.45, 7) is 9.60. The average molecular weight is 485 g/mol. The van der Waals surface area contributed by atoms with Gasteiger partial charge in [0.25, 0.3) is 5.78 Å². The Bertz CT molecular complexity index is 1380. The smallest absolute Gasteiger partial charge is 0.454 e. The van der Waals surface area contributed by atoms with E-state index in [2.05, 4.69) is 25.9 Å². The summed E-state index contributed by atoms with van der Waals surface area (Å²) in [5.41, 5.74) is 2.24. The SMILES string of the molecule is Cc1noc(C)c1-c1c(C(=O)C(F)(F)F)c2ccc(CC(C)C(C)C)cc2n1-c1ccc(O)cc1. The van der Waals surface area contributed by atoms with Gasteiger partial charge in [-0.15, -0.1) is 0 Å². The molecule has 0 aliphatic heterocycles. The second kappa shape index (κ2) is 8.91. The summed E-state index contributed by atoms with van der Waals surface area (Å²) in [5, 5.41) is 13.9. The lowest BCUT2D eigenvalue weighted by Crippen LogP contribution is -2.23. The van der Waals surface area contributed by atoms with Crippen molar-refractivity contribution in [2.24, 2.45) is 11.8 Å². The quantitative estimate of drug-likeness (QED) is 0.294. The Kier molecular flexibility index (Phi) is 6.25. The Morgan fingerprint density at radius 3 is 2.29 bits per heavy atom. The molecule has 0 aliphatic rings.